The summed E-state index contributed by atoms with van der Waals surface area (Å²) in [6.45, 7) is 0.571. The van der Waals surface area contributed by atoms with Crippen LogP contribution in [0.4, 0.5) is 0 Å². The summed E-state index contributed by atoms with van der Waals surface area (Å²) < 4.78 is 10.8. The van der Waals surface area contributed by atoms with Crippen LogP contribution in [-0.2, 0) is 16.0 Å². The molecule has 0 saturated heterocycles. The number of carbonyl (C=O) groups excluding carboxylic acids is 2. The average Bonchev–Trinajstić information content (AvgIpc) is 2.71. The lowest BCUT2D eigenvalue weighted by atomic mass is 10.3. The van der Waals surface area contributed by atoms with Crippen LogP contribution in [-0.4, -0.2) is 36.1 Å². The molecule has 0 radical (unpaired) electrons. The van der Waals surface area contributed by atoms with Crippen molar-refractivity contribution in [1.82, 2.24) is 4.57 Å². The van der Waals surface area contributed by atoms with E-state index in [0.717, 1.165) is 0 Å². The highest BCUT2D eigenvalue weighted by Crippen LogP contribution is 2.12. The number of carbonyl (C=O) groups is 2. The van der Waals surface area contributed by atoms with E-state index in [1.807, 2.05) is 0 Å². The summed E-state index contributed by atoms with van der Waals surface area (Å²) in [5.41, 5.74) is 0.672. The second-order valence-electron chi connectivity index (χ2n) is 2.98. The smallest absolute Gasteiger partial charge is 0.354 e. The van der Waals surface area contributed by atoms with Gasteiger partial charge in [-0.2, -0.15) is 0 Å². The number of nitrogens with zero attached hydrogens (tertiary/aromatic N) is 1. The molecule has 1 aromatic rings. The second kappa shape index (κ2) is 5.69. The van der Waals surface area contributed by atoms with Crippen LogP contribution in [0.2, 0.25) is 0 Å². The number of aryl methyl sites for hydroxylation is 1. The van der Waals surface area contributed by atoms with Crippen LogP contribution in [0.3, 0.4) is 0 Å². The first-order valence-corrected chi connectivity index (χ1v) is 5.69. The second-order valence-corrected chi connectivity index (χ2v) is 3.77. The van der Waals surface area contributed by atoms with Crippen molar-refractivity contribution in [3.05, 3.63) is 23.5 Å². The SMILES string of the molecule is COC(=O)c1cc(C(=O)OC)n(CCBr)c1. The molecule has 0 aliphatic rings. The summed E-state index contributed by atoms with van der Waals surface area (Å²) in [7, 11) is 2.59. The standard InChI is InChI=1S/C10H12BrNO4/c1-15-9(13)7-5-8(10(14)16-2)12(6-7)4-3-11/h5-6H,3-4H2,1-2H3. The molecule has 0 bridgehead atoms. The van der Waals surface area contributed by atoms with Crippen LogP contribution in [0.5, 0.6) is 0 Å². The van der Waals surface area contributed by atoms with Gasteiger partial charge in [0.15, 0.2) is 0 Å². The highest BCUT2D eigenvalue weighted by Gasteiger charge is 2.17. The van der Waals surface area contributed by atoms with Gasteiger partial charge in [0.25, 0.3) is 0 Å². The van der Waals surface area contributed by atoms with E-state index in [-0.39, 0.29) is 0 Å². The van der Waals surface area contributed by atoms with Crippen molar-refractivity contribution in [3.63, 3.8) is 0 Å². The molecule has 5 nitrogen and oxygen atoms in total. The van der Waals surface area contributed by atoms with Crippen LogP contribution in [0.1, 0.15) is 20.8 Å². The lowest BCUT2D eigenvalue weighted by Gasteiger charge is -2.04. The molecule has 0 aromatic carbocycles. The minimum Gasteiger partial charge on any atom is -0.465 e. The van der Waals surface area contributed by atoms with Gasteiger partial charge in [-0.05, 0) is 6.07 Å². The maximum absolute atomic E-state index is 11.4. The first-order valence-electron chi connectivity index (χ1n) is 4.56. The Bertz CT molecular complexity index is 400. The monoisotopic (exact) mass is 289 g/mol. The maximum atomic E-state index is 11.4. The number of methoxy groups -OCH3 is 2. The Hall–Kier alpha value is -1.30. The van der Waals surface area contributed by atoms with Crippen LogP contribution in [0.15, 0.2) is 12.3 Å². The Morgan fingerprint density at radius 3 is 2.44 bits per heavy atom. The van der Waals surface area contributed by atoms with Crippen molar-refractivity contribution in [2.75, 3.05) is 19.5 Å². The molecule has 1 aromatic heterocycles. The van der Waals surface area contributed by atoms with Gasteiger partial charge in [-0.3, -0.25) is 0 Å². The normalized spacial score (nSPS) is 9.94. The van der Waals surface area contributed by atoms with E-state index in [9.17, 15) is 9.59 Å². The predicted molar refractivity (Wildman–Crippen MR) is 60.9 cm³/mol. The molecule has 0 N–H and O–H groups in total. The van der Waals surface area contributed by atoms with Gasteiger partial charge in [-0.1, -0.05) is 15.9 Å². The maximum Gasteiger partial charge on any atom is 0.354 e. The van der Waals surface area contributed by atoms with Crippen LogP contribution >= 0.6 is 15.9 Å². The molecule has 0 fully saturated rings. The molecule has 0 aliphatic heterocycles. The van der Waals surface area contributed by atoms with E-state index in [1.165, 1.54) is 20.3 Å². The van der Waals surface area contributed by atoms with E-state index < -0.39 is 11.9 Å². The van der Waals surface area contributed by atoms with Crippen LogP contribution in [0, 0.1) is 0 Å². The van der Waals surface area contributed by atoms with Crippen molar-refractivity contribution in [3.8, 4) is 0 Å². The highest BCUT2D eigenvalue weighted by atomic mass is 79.9. The van der Waals surface area contributed by atoms with Crippen LogP contribution in [0.25, 0.3) is 0 Å². The number of hydrogen-bond acceptors (Lipinski definition) is 4. The summed E-state index contributed by atoms with van der Waals surface area (Å²) in [5, 5.41) is 0.673. The fourth-order valence-electron chi connectivity index (χ4n) is 1.29. The Balaban J connectivity index is 3.09. The van der Waals surface area contributed by atoms with Crippen molar-refractivity contribution in [2.45, 2.75) is 6.54 Å². The molecule has 6 heteroatoms. The number of halogens is 1. The molecule has 0 spiro atoms. The zero-order valence-corrected chi connectivity index (χ0v) is 10.6. The molecular weight excluding hydrogens is 278 g/mol. The average molecular weight is 290 g/mol. The lowest BCUT2D eigenvalue weighted by Crippen LogP contribution is -2.10. The Kier molecular flexibility index (Phi) is 4.54. The van der Waals surface area contributed by atoms with E-state index in [0.29, 0.717) is 23.1 Å². The molecule has 0 saturated carbocycles. The van der Waals surface area contributed by atoms with Gasteiger partial charge in [0, 0.05) is 18.1 Å². The number of esters is 2. The summed E-state index contributed by atoms with van der Waals surface area (Å²) >= 11 is 3.27. The fraction of sp³-hybridized carbons (Fsp3) is 0.400. The fourth-order valence-corrected chi connectivity index (χ4v) is 1.67. The minimum atomic E-state index is -0.476. The van der Waals surface area contributed by atoms with E-state index >= 15 is 0 Å². The largest absolute Gasteiger partial charge is 0.465 e. The highest BCUT2D eigenvalue weighted by molar-refractivity contribution is 9.09. The molecule has 16 heavy (non-hydrogen) atoms. The third-order valence-electron chi connectivity index (χ3n) is 2.04. The number of hydrogen-bond donors (Lipinski definition) is 0. The quantitative estimate of drug-likeness (QED) is 0.622. The van der Waals surface area contributed by atoms with Gasteiger partial charge >= 0.3 is 11.9 Å². The van der Waals surface area contributed by atoms with Crippen molar-refractivity contribution < 1.29 is 19.1 Å². The molecule has 0 unspecified atom stereocenters. The topological polar surface area (TPSA) is 57.5 Å². The number of rotatable bonds is 4. The van der Waals surface area contributed by atoms with Gasteiger partial charge < -0.3 is 14.0 Å². The predicted octanol–water partition coefficient (Wildman–Crippen LogP) is 1.46. The first kappa shape index (κ1) is 12.8. The molecular formula is C10H12BrNO4. The van der Waals surface area contributed by atoms with Crippen molar-refractivity contribution in [1.29, 1.82) is 0 Å². The van der Waals surface area contributed by atoms with E-state index in [4.69, 9.17) is 0 Å². The summed E-state index contributed by atoms with van der Waals surface area (Å²) in [6.07, 6.45) is 1.57. The molecule has 0 amide bonds. The molecule has 88 valence electrons. The van der Waals surface area contributed by atoms with Gasteiger partial charge in [-0.25, -0.2) is 9.59 Å². The zero-order valence-electron chi connectivity index (χ0n) is 9.03. The first-order chi connectivity index (χ1) is 7.63. The Labute approximate surface area is 101 Å². The minimum absolute atomic E-state index is 0.336. The van der Waals surface area contributed by atoms with Gasteiger partial charge in [0.05, 0.1) is 19.8 Å². The molecule has 1 rings (SSSR count). The Morgan fingerprint density at radius 2 is 1.94 bits per heavy atom. The summed E-state index contributed by atoms with van der Waals surface area (Å²) in [4.78, 5) is 22.7. The zero-order chi connectivity index (χ0) is 12.1. The van der Waals surface area contributed by atoms with Crippen molar-refractivity contribution >= 4 is 27.9 Å². The van der Waals surface area contributed by atoms with E-state index in [1.54, 1.807) is 10.8 Å². The van der Waals surface area contributed by atoms with Gasteiger partial charge in [0.1, 0.15) is 5.69 Å². The van der Waals surface area contributed by atoms with E-state index in [2.05, 4.69) is 25.4 Å². The third kappa shape index (κ3) is 2.63. The van der Waals surface area contributed by atoms with Crippen LogP contribution < -0.4 is 0 Å². The Morgan fingerprint density at radius 1 is 1.31 bits per heavy atom. The number of alkyl halides is 1. The summed E-state index contributed by atoms with van der Waals surface area (Å²) in [6, 6.07) is 1.46. The van der Waals surface area contributed by atoms with Gasteiger partial charge in [0.2, 0.25) is 0 Å². The number of aromatic nitrogens is 1. The molecule has 1 heterocycles. The molecule has 0 atom stereocenters. The van der Waals surface area contributed by atoms with Gasteiger partial charge in [-0.15, -0.1) is 0 Å². The van der Waals surface area contributed by atoms with Crippen molar-refractivity contribution in [2.24, 2.45) is 0 Å². The lowest BCUT2D eigenvalue weighted by molar-refractivity contribution is 0.0587. The molecule has 0 aliphatic carbocycles. The number of ether oxygens (including phenoxy) is 2. The third-order valence-corrected chi connectivity index (χ3v) is 2.39. The summed E-state index contributed by atoms with van der Waals surface area (Å²) in [5.74, 6) is -0.949.